The number of hydrogen-bond donors (Lipinski definition) is 3. The Kier molecular flexibility index (Phi) is 28.6. The summed E-state index contributed by atoms with van der Waals surface area (Å²) < 4.78 is 4.29. The molecule has 2 aliphatic heterocycles. The first-order chi connectivity index (χ1) is 22.3. The van der Waals surface area contributed by atoms with Crippen molar-refractivity contribution in [2.24, 2.45) is 0 Å². The summed E-state index contributed by atoms with van der Waals surface area (Å²) >= 11 is 2.15. The number of hydroxylamine groups is 4. The third-order valence-electron chi connectivity index (χ3n) is 4.60. The summed E-state index contributed by atoms with van der Waals surface area (Å²) in [6.07, 6.45) is 2.86. The first-order valence-corrected chi connectivity index (χ1v) is 16.2. The molecule has 2 aliphatic rings. The average molecular weight is 785 g/mol. The van der Waals surface area contributed by atoms with Crippen LogP contribution in [0.2, 0.25) is 0 Å². The highest BCUT2D eigenvalue weighted by molar-refractivity contribution is 14.1. The molecule has 18 nitrogen and oxygen atoms in total. The number of carbonyl (C=O) groups excluding carboxylic acids is 9. The maximum atomic E-state index is 11.4. The second-order valence-electron chi connectivity index (χ2n) is 7.70. The van der Waals surface area contributed by atoms with E-state index < -0.39 is 59.3 Å². The molecule has 2 fully saturated rings. The maximum Gasteiger partial charge on any atom is 0.334 e. The molecule has 47 heavy (non-hydrogen) atoms. The van der Waals surface area contributed by atoms with Crippen LogP contribution in [-0.4, -0.2) is 99.7 Å². The summed E-state index contributed by atoms with van der Waals surface area (Å²) in [4.78, 5) is 122. The van der Waals surface area contributed by atoms with Crippen LogP contribution in [0.15, 0.2) is 24.3 Å². The highest BCUT2D eigenvalue weighted by atomic mass is 127. The molecule has 2 rings (SSSR count). The van der Waals surface area contributed by atoms with Gasteiger partial charge in [0.25, 0.3) is 23.6 Å². The van der Waals surface area contributed by atoms with E-state index in [9.17, 15) is 47.9 Å². The normalized spacial score (nSPS) is 13.1. The lowest BCUT2D eigenvalue weighted by molar-refractivity contribution is -0.197. The smallest absolute Gasteiger partial charge is 0.334 e. The number of esters is 1. The summed E-state index contributed by atoms with van der Waals surface area (Å²) in [5.74, 6) is -7.23. The minimum atomic E-state index is -1.27. The molecule has 0 aliphatic carbocycles. The van der Waals surface area contributed by atoms with E-state index in [2.05, 4.69) is 47.6 Å². The monoisotopic (exact) mass is 784 g/mol. The average Bonchev–Trinajstić information content (AvgIpc) is 3.56. The van der Waals surface area contributed by atoms with Gasteiger partial charge in [-0.05, 0) is 4.93 Å². The molecule has 0 atom stereocenters. The summed E-state index contributed by atoms with van der Waals surface area (Å²) in [5, 5.41) is 13.7. The SMILES string of the molecule is CC.CC.CI.COC(=O)/C=C\C(=O)NCCC(=O)ON1C(=O)CCC1=O.O=C(O)/C=C\C(=O)NCCC(=O)ON1C(=O)CCC1=O. The van der Waals surface area contributed by atoms with Crippen molar-refractivity contribution < 1.29 is 67.5 Å². The lowest BCUT2D eigenvalue weighted by Crippen LogP contribution is -2.33. The van der Waals surface area contributed by atoms with E-state index in [4.69, 9.17) is 5.11 Å². The number of nitrogens with one attached hydrogen (secondary N) is 2. The molecule has 0 aromatic heterocycles. The highest BCUT2D eigenvalue weighted by Gasteiger charge is 2.33. The Balaban J connectivity index is -0.000000711. The Bertz CT molecular complexity index is 1140. The van der Waals surface area contributed by atoms with Crippen LogP contribution in [0, 0.1) is 0 Å². The Morgan fingerprint density at radius 3 is 1.28 bits per heavy atom. The van der Waals surface area contributed by atoms with E-state index in [0.29, 0.717) is 16.2 Å². The number of ether oxygens (including phenoxy) is 1. The number of halogens is 1. The van der Waals surface area contributed by atoms with Crippen LogP contribution >= 0.6 is 22.6 Å². The number of carbonyl (C=O) groups is 10. The zero-order valence-corrected chi connectivity index (χ0v) is 29.2. The Morgan fingerprint density at radius 1 is 0.660 bits per heavy atom. The van der Waals surface area contributed by atoms with Gasteiger partial charge >= 0.3 is 23.9 Å². The van der Waals surface area contributed by atoms with Gasteiger partial charge in [0.1, 0.15) is 0 Å². The van der Waals surface area contributed by atoms with E-state index in [0.717, 1.165) is 18.2 Å². The van der Waals surface area contributed by atoms with E-state index in [-0.39, 0.29) is 51.6 Å². The second-order valence-corrected chi connectivity index (χ2v) is 7.70. The van der Waals surface area contributed by atoms with Crippen LogP contribution in [0.1, 0.15) is 66.2 Å². The number of alkyl halides is 1. The van der Waals surface area contributed by atoms with Crippen LogP contribution in [0.25, 0.3) is 0 Å². The molecule has 0 spiro atoms. The first kappa shape index (κ1) is 46.7. The summed E-state index contributed by atoms with van der Waals surface area (Å²) in [7, 11) is 1.17. The molecule has 2 heterocycles. The van der Waals surface area contributed by atoms with Crippen molar-refractivity contribution in [3.05, 3.63) is 24.3 Å². The van der Waals surface area contributed by atoms with E-state index in [1.165, 1.54) is 7.11 Å². The summed E-state index contributed by atoms with van der Waals surface area (Å²) in [5.41, 5.74) is 0. The molecular formula is C28H41IN4O14. The number of rotatable bonds is 12. The number of imide groups is 2. The van der Waals surface area contributed by atoms with Crippen LogP contribution in [0.5, 0.6) is 0 Å². The van der Waals surface area contributed by atoms with Gasteiger partial charge in [0.2, 0.25) is 11.8 Å². The molecule has 0 radical (unpaired) electrons. The minimum Gasteiger partial charge on any atom is -0.478 e. The predicted molar refractivity (Wildman–Crippen MR) is 170 cm³/mol. The van der Waals surface area contributed by atoms with Crippen LogP contribution < -0.4 is 10.6 Å². The number of methoxy groups -OCH3 is 1. The molecule has 264 valence electrons. The quantitative estimate of drug-likeness (QED) is 0.0810. The molecule has 0 saturated carbocycles. The van der Waals surface area contributed by atoms with Crippen molar-refractivity contribution in [2.75, 3.05) is 25.1 Å². The maximum absolute atomic E-state index is 11.4. The lowest BCUT2D eigenvalue weighted by Gasteiger charge is -2.12. The van der Waals surface area contributed by atoms with Gasteiger partial charge in [-0.15, -0.1) is 10.1 Å². The molecule has 2 saturated heterocycles. The van der Waals surface area contributed by atoms with Crippen molar-refractivity contribution >= 4 is 81.9 Å². The van der Waals surface area contributed by atoms with Gasteiger partial charge in [-0.3, -0.25) is 28.8 Å². The third-order valence-corrected chi connectivity index (χ3v) is 4.60. The molecule has 0 aromatic rings. The van der Waals surface area contributed by atoms with Gasteiger partial charge in [0.05, 0.1) is 20.0 Å². The Hall–Kier alpha value is -4.69. The summed E-state index contributed by atoms with van der Waals surface area (Å²) in [6, 6.07) is 0. The molecule has 6 amide bonds. The van der Waals surface area contributed by atoms with E-state index in [1.807, 2.05) is 32.6 Å². The van der Waals surface area contributed by atoms with Crippen molar-refractivity contribution in [2.45, 2.75) is 66.2 Å². The Labute approximate surface area is 285 Å². The van der Waals surface area contributed by atoms with Gasteiger partial charge in [0, 0.05) is 63.1 Å². The number of amides is 6. The van der Waals surface area contributed by atoms with Crippen LogP contribution in [0.4, 0.5) is 0 Å². The van der Waals surface area contributed by atoms with Gasteiger partial charge in [0.15, 0.2) is 0 Å². The topological polar surface area (TPSA) is 249 Å². The fourth-order valence-electron chi connectivity index (χ4n) is 2.66. The van der Waals surface area contributed by atoms with Crippen molar-refractivity contribution in [3.63, 3.8) is 0 Å². The standard InChI is InChI=1S/C12H14N2O7.C11H12N2O7.2C2H6.CH3I/c1-20-11(18)5-2-8(15)13-7-6-12(19)21-14-9(16)3-4-10(14)17;14-7(1-4-10(17)18)12-6-5-11(19)20-13-8(15)2-3-9(13)16;3*1-2/h2,5H,3-4,6-7H2,1H3,(H,13,15);1,4H,2-3,5-6H2,(H,12,14)(H,17,18);2*1-2H3;1H3/b5-2-;4-1-;;;. The van der Waals surface area contributed by atoms with E-state index in [1.54, 1.807) is 0 Å². The van der Waals surface area contributed by atoms with Crippen molar-refractivity contribution in [1.82, 2.24) is 20.8 Å². The van der Waals surface area contributed by atoms with Gasteiger partial charge in [-0.2, -0.15) is 0 Å². The number of hydrogen-bond acceptors (Lipinski definition) is 13. The van der Waals surface area contributed by atoms with Crippen molar-refractivity contribution in [1.29, 1.82) is 0 Å². The molecular weight excluding hydrogens is 743 g/mol. The molecule has 3 N–H and O–H groups in total. The molecule has 0 bridgehead atoms. The summed E-state index contributed by atoms with van der Waals surface area (Å²) in [6.45, 7) is 7.82. The van der Waals surface area contributed by atoms with Crippen LogP contribution in [0.3, 0.4) is 0 Å². The number of aliphatic carboxylic acids is 1. The Morgan fingerprint density at radius 2 is 0.979 bits per heavy atom. The van der Waals surface area contributed by atoms with Crippen molar-refractivity contribution in [3.8, 4) is 0 Å². The zero-order chi connectivity index (χ0) is 36.9. The fraction of sp³-hybridized carbons (Fsp3) is 0.500. The zero-order valence-electron chi connectivity index (χ0n) is 27.0. The fourth-order valence-corrected chi connectivity index (χ4v) is 2.66. The predicted octanol–water partition coefficient (Wildman–Crippen LogP) is 0.673. The number of carboxylic acid groups (broad SMARTS) is 1. The van der Waals surface area contributed by atoms with Gasteiger partial charge in [-0.1, -0.05) is 50.3 Å². The minimum absolute atomic E-state index is 0.00281. The van der Waals surface area contributed by atoms with Crippen LogP contribution in [-0.2, 0) is 62.4 Å². The molecule has 0 aromatic carbocycles. The largest absolute Gasteiger partial charge is 0.478 e. The first-order valence-electron chi connectivity index (χ1n) is 14.1. The second kappa shape index (κ2) is 28.8. The van der Waals surface area contributed by atoms with E-state index >= 15 is 0 Å². The third kappa shape index (κ3) is 22.5. The molecule has 19 heteroatoms. The number of nitrogens with zero attached hydrogens (tertiary/aromatic N) is 2. The molecule has 0 unspecified atom stereocenters. The highest BCUT2D eigenvalue weighted by Crippen LogP contribution is 2.13. The van der Waals surface area contributed by atoms with Gasteiger partial charge < -0.3 is 30.2 Å². The van der Waals surface area contributed by atoms with Gasteiger partial charge in [-0.25, -0.2) is 19.2 Å². The lowest BCUT2D eigenvalue weighted by atomic mass is 10.4. The number of carboxylic acids is 1.